The number of hydrogen-bond acceptors (Lipinski definition) is 2. The van der Waals surface area contributed by atoms with Crippen LogP contribution in [0.4, 0.5) is 4.39 Å². The average Bonchev–Trinajstić information content (AvgIpc) is 2.27. The van der Waals surface area contributed by atoms with Gasteiger partial charge in [-0.2, -0.15) is 4.39 Å². The molecular formula is C7H4FNS. The molecule has 0 saturated carbocycles. The fourth-order valence-corrected chi connectivity index (χ4v) is 1.53. The van der Waals surface area contributed by atoms with E-state index in [1.165, 1.54) is 0 Å². The zero-order chi connectivity index (χ0) is 6.97. The van der Waals surface area contributed by atoms with Gasteiger partial charge in [-0.15, -0.1) is 0 Å². The highest BCUT2D eigenvalue weighted by Crippen LogP contribution is 2.19. The number of rotatable bonds is 0. The van der Waals surface area contributed by atoms with Crippen molar-refractivity contribution in [2.75, 3.05) is 0 Å². The highest BCUT2D eigenvalue weighted by molar-refractivity contribution is 7.17. The van der Waals surface area contributed by atoms with E-state index in [0.717, 1.165) is 21.6 Å². The summed E-state index contributed by atoms with van der Waals surface area (Å²) in [7, 11) is 0. The van der Waals surface area contributed by atoms with Crippen LogP contribution < -0.4 is 0 Å². The molecule has 0 spiro atoms. The first-order chi connectivity index (χ1) is 4.86. The summed E-state index contributed by atoms with van der Waals surface area (Å²) in [5.74, 6) is 0. The molecule has 3 heteroatoms. The van der Waals surface area contributed by atoms with Crippen LogP contribution in [-0.4, -0.2) is 4.98 Å². The maximum Gasteiger partial charge on any atom is 0.270 e. The molecule has 0 aliphatic carbocycles. The Bertz CT molecular complexity index is 322. The number of fused-ring (bicyclic) bond motifs is 1. The molecule has 0 radical (unpaired) electrons. The Kier molecular flexibility index (Phi) is 1.17. The van der Waals surface area contributed by atoms with E-state index in [0.29, 0.717) is 0 Å². The molecule has 50 valence electrons. The molecule has 0 fully saturated rings. The lowest BCUT2D eigenvalue weighted by Crippen LogP contribution is -1.65. The van der Waals surface area contributed by atoms with E-state index in [1.54, 1.807) is 6.07 Å². The average molecular weight is 152 g/mol. The van der Waals surface area contributed by atoms with Crippen molar-refractivity contribution in [2.45, 2.75) is 0 Å². The molecule has 1 aromatic heterocycles. The summed E-state index contributed by atoms with van der Waals surface area (Å²) in [4.78, 5) is 3.66. The first-order valence-corrected chi connectivity index (χ1v) is 3.69. The molecule has 1 heterocycles. The van der Waals surface area contributed by atoms with Gasteiger partial charge in [0.25, 0.3) is 5.26 Å². The first kappa shape index (κ1) is 5.80. The van der Waals surface area contributed by atoms with E-state index in [2.05, 4.69) is 4.98 Å². The smallest absolute Gasteiger partial charge is 0.209 e. The minimum absolute atomic E-state index is 0.360. The van der Waals surface area contributed by atoms with Crippen molar-refractivity contribution in [1.29, 1.82) is 0 Å². The maximum atomic E-state index is 12.4. The van der Waals surface area contributed by atoms with E-state index in [-0.39, 0.29) is 5.26 Å². The summed E-state index contributed by atoms with van der Waals surface area (Å²) in [5.41, 5.74) is 0.741. The van der Waals surface area contributed by atoms with Gasteiger partial charge in [-0.3, -0.25) is 0 Å². The van der Waals surface area contributed by atoms with Crippen LogP contribution in [0.5, 0.6) is 0 Å². The molecular weight excluding hydrogens is 148 g/mol. The van der Waals surface area contributed by atoms with E-state index in [4.69, 9.17) is 0 Å². The Balaban J connectivity index is 2.88. The van der Waals surface area contributed by atoms with E-state index in [9.17, 15) is 4.39 Å². The number of benzene rings is 1. The van der Waals surface area contributed by atoms with Crippen molar-refractivity contribution < 1.29 is 4.39 Å². The highest BCUT2D eigenvalue weighted by atomic mass is 32.1. The van der Waals surface area contributed by atoms with Crippen molar-refractivity contribution in [3.8, 4) is 0 Å². The molecule has 10 heavy (non-hydrogen) atoms. The standard InChI is InChI=1S/C7H4FNS/c8-7-9-5-3-1-2-4-6(5)10-7/h1-4H/i8-1. The number of para-hydroxylation sites is 1. The summed E-state index contributed by atoms with van der Waals surface area (Å²) < 4.78 is 13.3. The van der Waals surface area contributed by atoms with Gasteiger partial charge in [0.2, 0.25) is 0 Å². The molecule has 0 saturated heterocycles. The molecule has 0 unspecified atom stereocenters. The minimum Gasteiger partial charge on any atom is -0.209 e. The molecule has 0 N–H and O–H groups in total. The zero-order valence-electron chi connectivity index (χ0n) is 5.04. The van der Waals surface area contributed by atoms with Crippen LogP contribution in [0.15, 0.2) is 24.3 Å². The molecule has 2 aromatic rings. The van der Waals surface area contributed by atoms with Crippen LogP contribution in [0.3, 0.4) is 0 Å². The minimum atomic E-state index is -0.360. The van der Waals surface area contributed by atoms with Gasteiger partial charge in [0.15, 0.2) is 0 Å². The Morgan fingerprint density at radius 1 is 1.30 bits per heavy atom. The van der Waals surface area contributed by atoms with Gasteiger partial charge < -0.3 is 0 Å². The van der Waals surface area contributed by atoms with Gasteiger partial charge in [0.1, 0.15) is 0 Å². The number of aromatic nitrogens is 1. The Labute approximate surface area is 61.1 Å². The molecule has 0 amide bonds. The normalized spacial score (nSPS) is 10.5. The number of halogens is 1. The van der Waals surface area contributed by atoms with Crippen molar-refractivity contribution in [2.24, 2.45) is 0 Å². The predicted octanol–water partition coefficient (Wildman–Crippen LogP) is 2.44. The lowest BCUT2D eigenvalue weighted by Gasteiger charge is -1.80. The SMILES string of the molecule is [18F]c1nc2ccccc2s1. The van der Waals surface area contributed by atoms with Gasteiger partial charge in [0, 0.05) is 0 Å². The predicted molar refractivity (Wildman–Crippen MR) is 39.6 cm³/mol. The maximum absolute atomic E-state index is 12.4. The lowest BCUT2D eigenvalue weighted by molar-refractivity contribution is 0.620. The van der Waals surface area contributed by atoms with Crippen molar-refractivity contribution >= 4 is 21.6 Å². The molecule has 1 nitrogen and oxygen atoms in total. The fraction of sp³-hybridized carbons (Fsp3) is 0. The van der Waals surface area contributed by atoms with Crippen molar-refractivity contribution in [3.63, 3.8) is 0 Å². The molecule has 0 aliphatic rings. The van der Waals surface area contributed by atoms with Crippen molar-refractivity contribution in [3.05, 3.63) is 29.5 Å². The summed E-state index contributed by atoms with van der Waals surface area (Å²) in [6.07, 6.45) is 0. The third-order valence-corrected chi connectivity index (χ3v) is 2.09. The van der Waals surface area contributed by atoms with Crippen LogP contribution in [0, 0.1) is 5.26 Å². The van der Waals surface area contributed by atoms with Gasteiger partial charge in [-0.05, 0) is 12.1 Å². The van der Waals surface area contributed by atoms with Crippen LogP contribution in [0.2, 0.25) is 0 Å². The lowest BCUT2D eigenvalue weighted by atomic mass is 10.3. The Morgan fingerprint density at radius 2 is 2.10 bits per heavy atom. The van der Waals surface area contributed by atoms with Crippen LogP contribution in [0.25, 0.3) is 10.2 Å². The fourth-order valence-electron chi connectivity index (χ4n) is 0.844. The third kappa shape index (κ3) is 0.789. The molecule has 0 aliphatic heterocycles. The molecule has 2 rings (SSSR count). The second-order valence-corrected chi connectivity index (χ2v) is 2.92. The van der Waals surface area contributed by atoms with Gasteiger partial charge >= 0.3 is 0 Å². The highest BCUT2D eigenvalue weighted by Gasteiger charge is 1.98. The van der Waals surface area contributed by atoms with Crippen LogP contribution in [-0.2, 0) is 0 Å². The molecule has 0 atom stereocenters. The first-order valence-electron chi connectivity index (χ1n) is 2.87. The van der Waals surface area contributed by atoms with E-state index in [1.807, 2.05) is 18.2 Å². The van der Waals surface area contributed by atoms with E-state index < -0.39 is 0 Å². The summed E-state index contributed by atoms with van der Waals surface area (Å²) in [6.45, 7) is 0. The number of thiazole rings is 1. The largest absolute Gasteiger partial charge is 0.270 e. The molecule has 1 aromatic carbocycles. The van der Waals surface area contributed by atoms with Gasteiger partial charge in [-0.25, -0.2) is 4.98 Å². The quantitative estimate of drug-likeness (QED) is 0.565. The number of nitrogens with zero attached hydrogens (tertiary/aromatic N) is 1. The number of hydrogen-bond donors (Lipinski definition) is 0. The molecule has 0 bridgehead atoms. The summed E-state index contributed by atoms with van der Waals surface area (Å²) >= 11 is 1.07. The summed E-state index contributed by atoms with van der Waals surface area (Å²) in [5, 5.41) is -0.360. The van der Waals surface area contributed by atoms with Crippen molar-refractivity contribution in [1.82, 2.24) is 4.98 Å². The topological polar surface area (TPSA) is 12.9 Å². The Morgan fingerprint density at radius 3 is 2.90 bits per heavy atom. The Hall–Kier alpha value is -0.960. The van der Waals surface area contributed by atoms with Gasteiger partial charge in [0.05, 0.1) is 10.2 Å². The summed E-state index contributed by atoms with van der Waals surface area (Å²) in [6, 6.07) is 7.38. The second-order valence-electron chi connectivity index (χ2n) is 1.93. The van der Waals surface area contributed by atoms with Gasteiger partial charge in [-0.1, -0.05) is 23.5 Å². The van der Waals surface area contributed by atoms with Crippen LogP contribution in [0.1, 0.15) is 0 Å². The van der Waals surface area contributed by atoms with Crippen LogP contribution >= 0.6 is 11.3 Å². The zero-order valence-corrected chi connectivity index (χ0v) is 5.86. The van der Waals surface area contributed by atoms with E-state index >= 15 is 0 Å². The monoisotopic (exact) mass is 152 g/mol. The second kappa shape index (κ2) is 2.02. The third-order valence-electron chi connectivity index (χ3n) is 1.27.